The fraction of sp³-hybridized carbons (Fsp3) is 0.364. The largest absolute Gasteiger partial charge is 0.302 e. The Morgan fingerprint density at radius 3 is 2.77 bits per heavy atom. The van der Waals surface area contributed by atoms with Crippen LogP contribution in [0.5, 0.6) is 0 Å². The molecule has 0 saturated carbocycles. The molecule has 1 aromatic rings. The minimum absolute atomic E-state index is 0.845. The maximum atomic E-state index is 4.49. The van der Waals surface area contributed by atoms with Crippen molar-refractivity contribution in [3.8, 4) is 0 Å². The Labute approximate surface area is 78.6 Å². The summed E-state index contributed by atoms with van der Waals surface area (Å²) >= 11 is 0. The van der Waals surface area contributed by atoms with Crippen molar-refractivity contribution in [3.63, 3.8) is 0 Å². The van der Waals surface area contributed by atoms with Gasteiger partial charge in [0.2, 0.25) is 0 Å². The van der Waals surface area contributed by atoms with Gasteiger partial charge in [0, 0.05) is 12.7 Å². The van der Waals surface area contributed by atoms with Gasteiger partial charge in [0.25, 0.3) is 0 Å². The van der Waals surface area contributed by atoms with Gasteiger partial charge in [-0.3, -0.25) is 4.99 Å². The molecular formula is C11H14N2. The molecule has 0 aliphatic carbocycles. The van der Waals surface area contributed by atoms with Crippen molar-refractivity contribution < 1.29 is 0 Å². The lowest BCUT2D eigenvalue weighted by Gasteiger charge is -2.01. The van der Waals surface area contributed by atoms with Gasteiger partial charge < -0.3 is 4.57 Å². The fourth-order valence-corrected chi connectivity index (χ4v) is 1.76. The van der Waals surface area contributed by atoms with E-state index in [2.05, 4.69) is 48.7 Å². The molecule has 2 nitrogen and oxygen atoms in total. The van der Waals surface area contributed by atoms with Gasteiger partial charge in [-0.2, -0.15) is 0 Å². The molecule has 1 aromatic heterocycles. The molecule has 0 atom stereocenters. The third-order valence-corrected chi connectivity index (χ3v) is 2.57. The molecule has 2 heterocycles. The van der Waals surface area contributed by atoms with Crippen LogP contribution in [-0.4, -0.2) is 16.9 Å². The highest BCUT2D eigenvalue weighted by atomic mass is 15.1. The standard InChI is InChI=1S/C11H14N2/c1-4-12-11-9(3)8(2)10-6-5-7-13(10)11/h5-7H,4H2,1-3H3. The van der Waals surface area contributed by atoms with Crippen molar-refractivity contribution in [1.29, 1.82) is 0 Å². The van der Waals surface area contributed by atoms with Crippen molar-refractivity contribution >= 4 is 11.4 Å². The second-order valence-electron chi connectivity index (χ2n) is 3.31. The highest BCUT2D eigenvalue weighted by molar-refractivity contribution is 6.10. The number of aliphatic imine (C=N–C) groups is 1. The van der Waals surface area contributed by atoms with Crippen molar-refractivity contribution in [2.45, 2.75) is 20.8 Å². The molecule has 0 amide bonds. The predicted molar refractivity (Wildman–Crippen MR) is 56.1 cm³/mol. The van der Waals surface area contributed by atoms with Crippen LogP contribution in [0.3, 0.4) is 0 Å². The van der Waals surface area contributed by atoms with Crippen LogP contribution >= 0.6 is 0 Å². The molecule has 0 aromatic carbocycles. The number of nitrogens with zero attached hydrogens (tertiary/aromatic N) is 2. The van der Waals surface area contributed by atoms with E-state index in [1.54, 1.807) is 0 Å². The van der Waals surface area contributed by atoms with E-state index in [9.17, 15) is 0 Å². The van der Waals surface area contributed by atoms with E-state index >= 15 is 0 Å². The SMILES string of the molecule is CCN=C1C(C)=C(C)c2cccn21. The van der Waals surface area contributed by atoms with E-state index in [4.69, 9.17) is 0 Å². The van der Waals surface area contributed by atoms with Crippen LogP contribution in [0.4, 0.5) is 0 Å². The van der Waals surface area contributed by atoms with E-state index < -0.39 is 0 Å². The summed E-state index contributed by atoms with van der Waals surface area (Å²) < 4.78 is 2.16. The van der Waals surface area contributed by atoms with Crippen LogP contribution in [0.1, 0.15) is 26.5 Å². The molecule has 1 aliphatic heterocycles. The summed E-state index contributed by atoms with van der Waals surface area (Å²) in [7, 11) is 0. The molecular weight excluding hydrogens is 160 g/mol. The minimum Gasteiger partial charge on any atom is -0.302 e. The molecule has 0 fully saturated rings. The van der Waals surface area contributed by atoms with Gasteiger partial charge in [-0.15, -0.1) is 0 Å². The summed E-state index contributed by atoms with van der Waals surface area (Å²) in [4.78, 5) is 4.49. The van der Waals surface area contributed by atoms with Crippen LogP contribution < -0.4 is 0 Å². The van der Waals surface area contributed by atoms with Gasteiger partial charge in [-0.05, 0) is 44.1 Å². The third kappa shape index (κ3) is 1.05. The van der Waals surface area contributed by atoms with Gasteiger partial charge in [0.05, 0.1) is 5.69 Å². The van der Waals surface area contributed by atoms with E-state index in [1.165, 1.54) is 16.8 Å². The molecule has 2 heteroatoms. The number of hydrogen-bond donors (Lipinski definition) is 0. The van der Waals surface area contributed by atoms with Crippen molar-refractivity contribution in [2.24, 2.45) is 4.99 Å². The molecule has 0 unspecified atom stereocenters. The number of fused-ring (bicyclic) bond motifs is 1. The Kier molecular flexibility index (Phi) is 1.83. The topological polar surface area (TPSA) is 17.3 Å². The monoisotopic (exact) mass is 174 g/mol. The zero-order chi connectivity index (χ0) is 9.42. The van der Waals surface area contributed by atoms with E-state index in [0.717, 1.165) is 12.4 Å². The molecule has 0 spiro atoms. The Balaban J connectivity index is 2.61. The first-order valence-corrected chi connectivity index (χ1v) is 4.66. The average Bonchev–Trinajstić information content (AvgIpc) is 2.66. The Morgan fingerprint density at radius 2 is 2.08 bits per heavy atom. The fourth-order valence-electron chi connectivity index (χ4n) is 1.76. The highest BCUT2D eigenvalue weighted by Crippen LogP contribution is 2.27. The minimum atomic E-state index is 0.845. The lowest BCUT2D eigenvalue weighted by Crippen LogP contribution is -2.08. The molecule has 13 heavy (non-hydrogen) atoms. The first kappa shape index (κ1) is 8.30. The quantitative estimate of drug-likeness (QED) is 0.622. The molecule has 0 N–H and O–H groups in total. The summed E-state index contributed by atoms with van der Waals surface area (Å²) in [5.41, 5.74) is 3.93. The summed E-state index contributed by atoms with van der Waals surface area (Å²) in [5, 5.41) is 0. The van der Waals surface area contributed by atoms with Crippen LogP contribution in [0.25, 0.3) is 5.57 Å². The second-order valence-corrected chi connectivity index (χ2v) is 3.31. The first-order chi connectivity index (χ1) is 6.25. The molecule has 1 aliphatic rings. The Bertz CT molecular complexity index is 394. The van der Waals surface area contributed by atoms with Gasteiger partial charge >= 0.3 is 0 Å². The molecule has 0 radical (unpaired) electrons. The Morgan fingerprint density at radius 1 is 1.31 bits per heavy atom. The zero-order valence-electron chi connectivity index (χ0n) is 8.33. The van der Waals surface area contributed by atoms with Crippen molar-refractivity contribution in [1.82, 2.24) is 4.57 Å². The van der Waals surface area contributed by atoms with E-state index in [-0.39, 0.29) is 0 Å². The molecule has 0 bridgehead atoms. The van der Waals surface area contributed by atoms with Gasteiger partial charge in [-0.1, -0.05) is 0 Å². The lowest BCUT2D eigenvalue weighted by atomic mass is 10.1. The average molecular weight is 174 g/mol. The second kappa shape index (κ2) is 2.87. The normalized spacial score (nSPS) is 18.5. The number of hydrogen-bond acceptors (Lipinski definition) is 1. The van der Waals surface area contributed by atoms with Crippen molar-refractivity contribution in [3.05, 3.63) is 29.6 Å². The van der Waals surface area contributed by atoms with Crippen LogP contribution in [0.2, 0.25) is 0 Å². The molecule has 2 rings (SSSR count). The number of aromatic nitrogens is 1. The van der Waals surface area contributed by atoms with Crippen LogP contribution in [0.15, 0.2) is 28.9 Å². The van der Waals surface area contributed by atoms with Gasteiger partial charge in [-0.25, -0.2) is 0 Å². The number of rotatable bonds is 1. The maximum Gasteiger partial charge on any atom is 0.135 e. The molecule has 0 saturated heterocycles. The summed E-state index contributed by atoms with van der Waals surface area (Å²) in [6, 6.07) is 4.20. The van der Waals surface area contributed by atoms with Gasteiger partial charge in [0.1, 0.15) is 5.84 Å². The third-order valence-electron chi connectivity index (χ3n) is 2.57. The predicted octanol–water partition coefficient (Wildman–Crippen LogP) is 2.56. The Hall–Kier alpha value is -1.31. The van der Waals surface area contributed by atoms with Crippen molar-refractivity contribution in [2.75, 3.05) is 6.54 Å². The molecule has 68 valence electrons. The van der Waals surface area contributed by atoms with Crippen LogP contribution in [-0.2, 0) is 0 Å². The highest BCUT2D eigenvalue weighted by Gasteiger charge is 2.20. The zero-order valence-corrected chi connectivity index (χ0v) is 8.33. The van der Waals surface area contributed by atoms with Gasteiger partial charge in [0.15, 0.2) is 0 Å². The first-order valence-electron chi connectivity index (χ1n) is 4.66. The summed E-state index contributed by atoms with van der Waals surface area (Å²) in [5.74, 6) is 1.11. The summed E-state index contributed by atoms with van der Waals surface area (Å²) in [6.07, 6.45) is 2.07. The van der Waals surface area contributed by atoms with Crippen LogP contribution in [0, 0.1) is 0 Å². The smallest absolute Gasteiger partial charge is 0.135 e. The lowest BCUT2D eigenvalue weighted by molar-refractivity contribution is 1.06. The van der Waals surface area contributed by atoms with E-state index in [0.29, 0.717) is 0 Å². The summed E-state index contributed by atoms with van der Waals surface area (Å²) in [6.45, 7) is 7.20. The number of allylic oxidation sites excluding steroid dienone is 2. The van der Waals surface area contributed by atoms with E-state index in [1.807, 2.05) is 0 Å². The maximum absolute atomic E-state index is 4.49.